The fraction of sp³-hybridized carbons (Fsp3) is 0.462. The zero-order valence-corrected chi connectivity index (χ0v) is 9.30. The lowest BCUT2D eigenvalue weighted by atomic mass is 9.90. The molecule has 2 heteroatoms. The van der Waals surface area contributed by atoms with E-state index in [0.717, 1.165) is 18.6 Å². The van der Waals surface area contributed by atoms with Gasteiger partial charge in [0, 0.05) is 6.92 Å². The van der Waals surface area contributed by atoms with Gasteiger partial charge in [0.2, 0.25) is 0 Å². The number of benzene rings is 1. The van der Waals surface area contributed by atoms with E-state index in [0.29, 0.717) is 0 Å². The zero-order chi connectivity index (χ0) is 10.8. The molecule has 80 valence electrons. The summed E-state index contributed by atoms with van der Waals surface area (Å²) >= 11 is 0. The smallest absolute Gasteiger partial charge is 0.308 e. The van der Waals surface area contributed by atoms with Gasteiger partial charge in [0.1, 0.15) is 5.75 Å². The molecule has 0 amide bonds. The predicted octanol–water partition coefficient (Wildman–Crippen LogP) is 2.80. The van der Waals surface area contributed by atoms with Crippen LogP contribution < -0.4 is 4.74 Å². The van der Waals surface area contributed by atoms with E-state index >= 15 is 0 Å². The van der Waals surface area contributed by atoms with Gasteiger partial charge in [-0.15, -0.1) is 0 Å². The van der Waals surface area contributed by atoms with Crippen molar-refractivity contribution in [3.8, 4) is 5.75 Å². The topological polar surface area (TPSA) is 26.3 Å². The van der Waals surface area contributed by atoms with Gasteiger partial charge in [0.15, 0.2) is 0 Å². The van der Waals surface area contributed by atoms with Crippen LogP contribution in [-0.2, 0) is 17.6 Å². The van der Waals surface area contributed by atoms with Crippen LogP contribution in [0, 0.1) is 6.92 Å². The second-order valence-corrected chi connectivity index (χ2v) is 4.20. The fourth-order valence-corrected chi connectivity index (χ4v) is 2.23. The Morgan fingerprint density at radius 2 is 2.00 bits per heavy atom. The molecule has 2 rings (SSSR count). The van der Waals surface area contributed by atoms with Crippen LogP contribution in [0.1, 0.15) is 36.5 Å². The van der Waals surface area contributed by atoms with Gasteiger partial charge in [0.25, 0.3) is 0 Å². The number of carbonyl (C=O) groups is 1. The van der Waals surface area contributed by atoms with Crippen molar-refractivity contribution in [1.29, 1.82) is 0 Å². The third-order valence-electron chi connectivity index (χ3n) is 2.82. The molecular formula is C13H16O2. The Kier molecular flexibility index (Phi) is 2.76. The van der Waals surface area contributed by atoms with E-state index in [1.54, 1.807) is 0 Å². The molecule has 0 saturated carbocycles. The number of fused-ring (bicyclic) bond motifs is 1. The Morgan fingerprint density at radius 1 is 1.27 bits per heavy atom. The number of ether oxygens (including phenoxy) is 1. The molecule has 0 fully saturated rings. The Bertz CT molecular complexity index is 394. The van der Waals surface area contributed by atoms with Crippen LogP contribution in [0.3, 0.4) is 0 Å². The van der Waals surface area contributed by atoms with Gasteiger partial charge >= 0.3 is 5.97 Å². The Hall–Kier alpha value is -1.31. The molecule has 1 aliphatic carbocycles. The van der Waals surface area contributed by atoms with Crippen molar-refractivity contribution >= 4 is 5.97 Å². The monoisotopic (exact) mass is 204 g/mol. The Labute approximate surface area is 90.3 Å². The van der Waals surface area contributed by atoms with Gasteiger partial charge in [0.05, 0.1) is 0 Å². The molecule has 0 aromatic heterocycles. The van der Waals surface area contributed by atoms with Crippen LogP contribution in [0.4, 0.5) is 0 Å². The molecule has 0 heterocycles. The Morgan fingerprint density at radius 3 is 2.73 bits per heavy atom. The highest BCUT2D eigenvalue weighted by Gasteiger charge is 2.15. The zero-order valence-electron chi connectivity index (χ0n) is 9.30. The lowest BCUT2D eigenvalue weighted by molar-refractivity contribution is -0.131. The van der Waals surface area contributed by atoms with Crippen molar-refractivity contribution in [2.24, 2.45) is 0 Å². The van der Waals surface area contributed by atoms with E-state index in [2.05, 4.69) is 6.07 Å². The number of carbonyl (C=O) groups excluding carboxylic acids is 1. The summed E-state index contributed by atoms with van der Waals surface area (Å²) in [5.74, 6) is 0.547. The predicted molar refractivity (Wildman–Crippen MR) is 59.1 cm³/mol. The van der Waals surface area contributed by atoms with Gasteiger partial charge in [-0.05, 0) is 55.4 Å². The minimum absolute atomic E-state index is 0.228. The SMILES string of the molecule is CC(=O)Oc1cc(C)cc2c1CCCC2. The number of hydrogen-bond donors (Lipinski definition) is 0. The average Bonchev–Trinajstić information content (AvgIpc) is 2.16. The maximum absolute atomic E-state index is 11.0. The van der Waals surface area contributed by atoms with E-state index in [4.69, 9.17) is 4.74 Å². The van der Waals surface area contributed by atoms with Gasteiger partial charge in [-0.3, -0.25) is 4.79 Å². The molecule has 15 heavy (non-hydrogen) atoms. The van der Waals surface area contributed by atoms with E-state index in [9.17, 15) is 4.79 Å². The maximum atomic E-state index is 11.0. The number of hydrogen-bond acceptors (Lipinski definition) is 2. The standard InChI is InChI=1S/C13H16O2/c1-9-7-11-5-3-4-6-12(11)13(8-9)15-10(2)14/h7-8H,3-6H2,1-2H3. The van der Waals surface area contributed by atoms with Gasteiger partial charge < -0.3 is 4.74 Å². The first kappa shape index (κ1) is 10.2. The summed E-state index contributed by atoms with van der Waals surface area (Å²) in [4.78, 5) is 11.0. The summed E-state index contributed by atoms with van der Waals surface area (Å²) < 4.78 is 5.25. The van der Waals surface area contributed by atoms with Gasteiger partial charge in [-0.25, -0.2) is 0 Å². The van der Waals surface area contributed by atoms with Crippen LogP contribution in [-0.4, -0.2) is 5.97 Å². The van der Waals surface area contributed by atoms with Crippen LogP contribution in [0.15, 0.2) is 12.1 Å². The first-order chi connectivity index (χ1) is 7.16. The van der Waals surface area contributed by atoms with Crippen molar-refractivity contribution in [2.45, 2.75) is 39.5 Å². The molecular weight excluding hydrogens is 188 g/mol. The summed E-state index contributed by atoms with van der Waals surface area (Å²) in [5.41, 5.74) is 3.77. The first-order valence-electron chi connectivity index (χ1n) is 5.47. The highest BCUT2D eigenvalue weighted by molar-refractivity contribution is 5.70. The lowest BCUT2D eigenvalue weighted by Gasteiger charge is -2.19. The van der Waals surface area contributed by atoms with Crippen molar-refractivity contribution in [1.82, 2.24) is 0 Å². The lowest BCUT2D eigenvalue weighted by Crippen LogP contribution is -2.09. The number of esters is 1. The minimum Gasteiger partial charge on any atom is -0.426 e. The van der Waals surface area contributed by atoms with E-state index in [-0.39, 0.29) is 5.97 Å². The molecule has 0 saturated heterocycles. The minimum atomic E-state index is -0.228. The van der Waals surface area contributed by atoms with Gasteiger partial charge in [-0.1, -0.05) is 6.07 Å². The van der Waals surface area contributed by atoms with E-state index < -0.39 is 0 Å². The summed E-state index contributed by atoms with van der Waals surface area (Å²) in [6.45, 7) is 3.50. The van der Waals surface area contributed by atoms with Crippen LogP contribution in [0.5, 0.6) is 5.75 Å². The molecule has 0 radical (unpaired) electrons. The normalized spacial score (nSPS) is 14.5. The Balaban J connectivity index is 2.43. The highest BCUT2D eigenvalue weighted by atomic mass is 16.5. The molecule has 1 aliphatic rings. The third-order valence-corrected chi connectivity index (χ3v) is 2.82. The molecule has 0 spiro atoms. The summed E-state index contributed by atoms with van der Waals surface area (Å²) in [7, 11) is 0. The second-order valence-electron chi connectivity index (χ2n) is 4.20. The maximum Gasteiger partial charge on any atom is 0.308 e. The molecule has 1 aromatic carbocycles. The summed E-state index contributed by atoms with van der Waals surface area (Å²) in [6, 6.07) is 4.17. The molecule has 0 aliphatic heterocycles. The fourth-order valence-electron chi connectivity index (χ4n) is 2.23. The quantitative estimate of drug-likeness (QED) is 0.519. The van der Waals surface area contributed by atoms with Crippen molar-refractivity contribution in [3.05, 3.63) is 28.8 Å². The van der Waals surface area contributed by atoms with Gasteiger partial charge in [-0.2, -0.15) is 0 Å². The largest absolute Gasteiger partial charge is 0.426 e. The van der Waals surface area contributed by atoms with Crippen LogP contribution >= 0.6 is 0 Å². The number of aryl methyl sites for hydroxylation is 2. The molecule has 0 atom stereocenters. The van der Waals surface area contributed by atoms with Crippen molar-refractivity contribution in [3.63, 3.8) is 0 Å². The second kappa shape index (κ2) is 4.05. The third kappa shape index (κ3) is 2.20. The van der Waals surface area contributed by atoms with Crippen LogP contribution in [0.2, 0.25) is 0 Å². The van der Waals surface area contributed by atoms with Crippen molar-refractivity contribution in [2.75, 3.05) is 0 Å². The highest BCUT2D eigenvalue weighted by Crippen LogP contribution is 2.31. The molecule has 0 unspecified atom stereocenters. The summed E-state index contributed by atoms with van der Waals surface area (Å²) in [6.07, 6.45) is 4.60. The van der Waals surface area contributed by atoms with E-state index in [1.165, 1.54) is 36.5 Å². The first-order valence-corrected chi connectivity index (χ1v) is 5.47. The van der Waals surface area contributed by atoms with Crippen molar-refractivity contribution < 1.29 is 9.53 Å². The molecule has 1 aromatic rings. The van der Waals surface area contributed by atoms with Crippen LogP contribution in [0.25, 0.3) is 0 Å². The number of rotatable bonds is 1. The molecule has 2 nitrogen and oxygen atoms in total. The average molecular weight is 204 g/mol. The molecule has 0 N–H and O–H groups in total. The van der Waals surface area contributed by atoms with E-state index in [1.807, 2.05) is 13.0 Å². The summed E-state index contributed by atoms with van der Waals surface area (Å²) in [5, 5.41) is 0. The molecule has 0 bridgehead atoms.